The van der Waals surface area contributed by atoms with Crippen LogP contribution in [0.2, 0.25) is 0 Å². The maximum atomic E-state index is 12.6. The van der Waals surface area contributed by atoms with Crippen molar-refractivity contribution in [2.24, 2.45) is 11.3 Å². The van der Waals surface area contributed by atoms with E-state index in [1.54, 1.807) is 0 Å². The van der Waals surface area contributed by atoms with Gasteiger partial charge in [0.15, 0.2) is 5.41 Å². The summed E-state index contributed by atoms with van der Waals surface area (Å²) in [6.07, 6.45) is -9.55. The maximum absolute atomic E-state index is 12.6. The summed E-state index contributed by atoms with van der Waals surface area (Å²) in [5, 5.41) is 0. The van der Waals surface area contributed by atoms with Crippen LogP contribution in [0.1, 0.15) is 39.5 Å². The Morgan fingerprint density at radius 1 is 0.944 bits per heavy atom. The van der Waals surface area contributed by atoms with Gasteiger partial charge >= 0.3 is 12.4 Å². The third-order valence-electron chi connectivity index (χ3n) is 3.09. The summed E-state index contributed by atoms with van der Waals surface area (Å²) in [4.78, 5) is 0. The van der Waals surface area contributed by atoms with Crippen LogP contribution in [0.4, 0.5) is 26.3 Å². The van der Waals surface area contributed by atoms with E-state index in [-0.39, 0.29) is 6.92 Å². The molecule has 1 atom stereocenters. The molecule has 0 saturated carbocycles. The topological polar surface area (TPSA) is 0 Å². The Balaban J connectivity index is 4.73. The highest BCUT2D eigenvalue weighted by Crippen LogP contribution is 2.53. The van der Waals surface area contributed by atoms with Gasteiger partial charge in [-0.1, -0.05) is 42.4 Å². The molecule has 0 heterocycles. The minimum atomic E-state index is -5.26. The SMILES string of the molecule is CC(CCCCI)CC(C)(C(F)(F)F)C(F)(F)F. The van der Waals surface area contributed by atoms with E-state index in [1.807, 2.05) is 0 Å². The molecule has 0 aliphatic carbocycles. The first-order valence-electron chi connectivity index (χ1n) is 5.65. The van der Waals surface area contributed by atoms with E-state index in [0.717, 1.165) is 10.8 Å². The van der Waals surface area contributed by atoms with Crippen molar-refractivity contribution in [3.05, 3.63) is 0 Å². The smallest absolute Gasteiger partial charge is 0.170 e. The molecular formula is C11H17F6I. The Morgan fingerprint density at radius 2 is 1.39 bits per heavy atom. The number of halogens is 7. The van der Waals surface area contributed by atoms with E-state index >= 15 is 0 Å². The van der Waals surface area contributed by atoms with Crippen LogP contribution in [-0.4, -0.2) is 16.8 Å². The molecule has 0 bridgehead atoms. The van der Waals surface area contributed by atoms with E-state index in [2.05, 4.69) is 22.6 Å². The van der Waals surface area contributed by atoms with Crippen molar-refractivity contribution in [1.82, 2.24) is 0 Å². The van der Waals surface area contributed by atoms with Gasteiger partial charge < -0.3 is 0 Å². The Bertz CT molecular complexity index is 231. The first-order valence-corrected chi connectivity index (χ1v) is 7.17. The molecule has 1 unspecified atom stereocenters. The Hall–Kier alpha value is 0.310. The lowest BCUT2D eigenvalue weighted by Crippen LogP contribution is -2.48. The fourth-order valence-electron chi connectivity index (χ4n) is 1.78. The molecule has 0 radical (unpaired) electrons. The number of rotatable bonds is 6. The van der Waals surface area contributed by atoms with Crippen LogP contribution in [0.5, 0.6) is 0 Å². The predicted molar refractivity (Wildman–Crippen MR) is 66.7 cm³/mol. The van der Waals surface area contributed by atoms with Crippen molar-refractivity contribution in [2.75, 3.05) is 4.43 Å². The average Bonchev–Trinajstić information content (AvgIpc) is 2.14. The van der Waals surface area contributed by atoms with Crippen molar-refractivity contribution in [3.8, 4) is 0 Å². The largest absolute Gasteiger partial charge is 0.402 e. The van der Waals surface area contributed by atoms with Gasteiger partial charge in [-0.05, 0) is 30.1 Å². The molecule has 0 fully saturated rings. The van der Waals surface area contributed by atoms with Gasteiger partial charge in [0.25, 0.3) is 0 Å². The Kier molecular flexibility index (Phi) is 6.77. The summed E-state index contributed by atoms with van der Waals surface area (Å²) in [7, 11) is 0. The fourth-order valence-corrected chi connectivity index (χ4v) is 2.32. The molecular weight excluding hydrogens is 373 g/mol. The van der Waals surface area contributed by atoms with E-state index in [0.29, 0.717) is 12.8 Å². The fraction of sp³-hybridized carbons (Fsp3) is 1.00. The summed E-state index contributed by atoms with van der Waals surface area (Å²) in [5.41, 5.74) is -3.61. The molecule has 110 valence electrons. The quantitative estimate of drug-likeness (QED) is 0.235. The first-order chi connectivity index (χ1) is 7.95. The van der Waals surface area contributed by atoms with Gasteiger partial charge in [0, 0.05) is 0 Å². The molecule has 0 amide bonds. The molecule has 0 aliphatic heterocycles. The Labute approximate surface area is 117 Å². The van der Waals surface area contributed by atoms with Gasteiger partial charge in [-0.2, -0.15) is 26.3 Å². The number of hydrogen-bond donors (Lipinski definition) is 0. The number of alkyl halides is 7. The van der Waals surface area contributed by atoms with Crippen LogP contribution in [0.3, 0.4) is 0 Å². The van der Waals surface area contributed by atoms with E-state index < -0.39 is 30.1 Å². The van der Waals surface area contributed by atoms with E-state index in [4.69, 9.17) is 0 Å². The molecule has 0 aromatic heterocycles. The van der Waals surface area contributed by atoms with Crippen LogP contribution in [-0.2, 0) is 0 Å². The number of unbranched alkanes of at least 4 members (excludes halogenated alkanes) is 1. The highest BCUT2D eigenvalue weighted by molar-refractivity contribution is 14.1. The van der Waals surface area contributed by atoms with Crippen LogP contribution < -0.4 is 0 Å². The molecule has 0 N–H and O–H groups in total. The van der Waals surface area contributed by atoms with E-state index in [9.17, 15) is 26.3 Å². The zero-order chi connectivity index (χ0) is 14.6. The van der Waals surface area contributed by atoms with Crippen molar-refractivity contribution in [3.63, 3.8) is 0 Å². The molecule has 0 spiro atoms. The lowest BCUT2D eigenvalue weighted by Gasteiger charge is -2.36. The molecule has 0 aromatic carbocycles. The van der Waals surface area contributed by atoms with Crippen LogP contribution in [0.25, 0.3) is 0 Å². The molecule has 0 aromatic rings. The van der Waals surface area contributed by atoms with Gasteiger partial charge in [-0.25, -0.2) is 0 Å². The predicted octanol–water partition coefficient (Wildman–Crippen LogP) is 5.75. The summed E-state index contributed by atoms with van der Waals surface area (Å²) in [5.74, 6) is -0.596. The molecule has 18 heavy (non-hydrogen) atoms. The van der Waals surface area contributed by atoms with Crippen molar-refractivity contribution >= 4 is 22.6 Å². The summed E-state index contributed by atoms with van der Waals surface area (Å²) >= 11 is 2.13. The van der Waals surface area contributed by atoms with Crippen molar-refractivity contribution in [2.45, 2.75) is 51.9 Å². The van der Waals surface area contributed by atoms with Crippen molar-refractivity contribution in [1.29, 1.82) is 0 Å². The Morgan fingerprint density at radius 3 is 1.72 bits per heavy atom. The summed E-state index contributed by atoms with van der Waals surface area (Å²) in [6, 6.07) is 0. The second kappa shape index (κ2) is 6.65. The average molecular weight is 390 g/mol. The van der Waals surface area contributed by atoms with Crippen LogP contribution >= 0.6 is 22.6 Å². The maximum Gasteiger partial charge on any atom is 0.402 e. The van der Waals surface area contributed by atoms with Gasteiger partial charge in [0.1, 0.15) is 0 Å². The zero-order valence-electron chi connectivity index (χ0n) is 10.3. The first kappa shape index (κ1) is 18.3. The second-order valence-electron chi connectivity index (χ2n) is 4.82. The van der Waals surface area contributed by atoms with Gasteiger partial charge in [0.2, 0.25) is 0 Å². The third kappa shape index (κ3) is 4.77. The van der Waals surface area contributed by atoms with Crippen molar-refractivity contribution < 1.29 is 26.3 Å². The van der Waals surface area contributed by atoms with Gasteiger partial charge in [-0.15, -0.1) is 0 Å². The molecule has 7 heteroatoms. The molecule has 0 saturated heterocycles. The molecule has 0 aliphatic rings. The summed E-state index contributed by atoms with van der Waals surface area (Å²) < 4.78 is 76.6. The summed E-state index contributed by atoms with van der Waals surface area (Å²) in [6.45, 7) is 1.70. The van der Waals surface area contributed by atoms with Crippen LogP contribution in [0.15, 0.2) is 0 Å². The monoisotopic (exact) mass is 390 g/mol. The highest BCUT2D eigenvalue weighted by Gasteiger charge is 2.67. The lowest BCUT2D eigenvalue weighted by molar-refractivity contribution is -0.339. The van der Waals surface area contributed by atoms with E-state index in [1.165, 1.54) is 6.92 Å². The molecule has 0 rings (SSSR count). The van der Waals surface area contributed by atoms with Gasteiger partial charge in [-0.3, -0.25) is 0 Å². The standard InChI is InChI=1S/C11H17F6I/c1-8(5-3-4-6-18)7-9(2,10(12,13)14)11(15,16)17/h8H,3-7H2,1-2H3. The molecule has 0 nitrogen and oxygen atoms in total. The highest BCUT2D eigenvalue weighted by atomic mass is 127. The number of hydrogen-bond acceptors (Lipinski definition) is 0. The minimum absolute atomic E-state index is 0.252. The minimum Gasteiger partial charge on any atom is -0.170 e. The lowest BCUT2D eigenvalue weighted by atomic mass is 9.78. The van der Waals surface area contributed by atoms with Crippen LogP contribution in [0, 0.1) is 11.3 Å². The zero-order valence-corrected chi connectivity index (χ0v) is 12.4. The van der Waals surface area contributed by atoms with Gasteiger partial charge in [0.05, 0.1) is 0 Å². The second-order valence-corrected chi connectivity index (χ2v) is 5.90. The normalized spacial score (nSPS) is 15.8. The third-order valence-corrected chi connectivity index (χ3v) is 3.85.